The molecule has 0 fully saturated rings. The van der Waals surface area contributed by atoms with E-state index in [1.807, 2.05) is 0 Å². The molecule has 2 rings (SSSR count). The number of halogens is 1. The number of hydrogen-bond donors (Lipinski definition) is 1. The number of nitro groups is 1. The Bertz CT molecular complexity index is 732. The number of carbonyl (C=O) groups is 1. The lowest BCUT2D eigenvalue weighted by Crippen LogP contribution is -2.04. The van der Waals surface area contributed by atoms with Crippen LogP contribution in [0.4, 0.5) is 10.1 Å². The predicted octanol–water partition coefficient (Wildman–Crippen LogP) is 2.93. The summed E-state index contributed by atoms with van der Waals surface area (Å²) in [5, 5.41) is 19.4. The van der Waals surface area contributed by atoms with E-state index in [0.29, 0.717) is 5.56 Å². The maximum atomic E-state index is 13.9. The molecule has 0 atom stereocenters. The molecule has 0 bridgehead atoms. The molecule has 21 heavy (non-hydrogen) atoms. The molecule has 0 aliphatic carbocycles. The molecule has 0 spiro atoms. The third-order valence-electron chi connectivity index (χ3n) is 2.66. The minimum absolute atomic E-state index is 0.132. The van der Waals surface area contributed by atoms with Gasteiger partial charge in [0.15, 0.2) is 5.82 Å². The van der Waals surface area contributed by atoms with Gasteiger partial charge in [-0.3, -0.25) is 10.1 Å². The van der Waals surface area contributed by atoms with Gasteiger partial charge >= 0.3 is 5.97 Å². The molecule has 1 aromatic carbocycles. The van der Waals surface area contributed by atoms with E-state index in [9.17, 15) is 19.3 Å². The fourth-order valence-electron chi connectivity index (χ4n) is 1.63. The Labute approximate surface area is 117 Å². The van der Waals surface area contributed by atoms with Gasteiger partial charge in [-0.2, -0.15) is 0 Å². The number of carboxylic acids is 1. The van der Waals surface area contributed by atoms with Crippen molar-refractivity contribution in [3.63, 3.8) is 0 Å². The lowest BCUT2D eigenvalue weighted by Gasteiger charge is -2.09. The average molecular weight is 292 g/mol. The van der Waals surface area contributed by atoms with Gasteiger partial charge in [0.1, 0.15) is 11.3 Å². The Hall–Kier alpha value is -3.03. The molecule has 0 unspecified atom stereocenters. The highest BCUT2D eigenvalue weighted by molar-refractivity contribution is 5.88. The number of nitrogens with zero attached hydrogens (tertiary/aromatic N) is 2. The Balaban J connectivity index is 2.37. The van der Waals surface area contributed by atoms with Crippen molar-refractivity contribution in [2.24, 2.45) is 0 Å². The van der Waals surface area contributed by atoms with Crippen LogP contribution in [0.5, 0.6) is 11.6 Å². The van der Waals surface area contributed by atoms with Crippen molar-refractivity contribution in [3.05, 3.63) is 57.5 Å². The van der Waals surface area contributed by atoms with Gasteiger partial charge in [0.2, 0.25) is 0 Å². The molecular weight excluding hydrogens is 283 g/mol. The standard InChI is InChI=1S/C13H9FN2O5/c1-7-6-8(16(19)20)2-3-10(7)21-12-11(14)9(13(17)18)4-5-15-12/h2-6H,1H3,(H,17,18). The minimum Gasteiger partial charge on any atom is -0.478 e. The SMILES string of the molecule is Cc1cc([N+](=O)[O-])ccc1Oc1nccc(C(=O)O)c1F. The Morgan fingerprint density at radius 3 is 2.71 bits per heavy atom. The highest BCUT2D eigenvalue weighted by Crippen LogP contribution is 2.29. The quantitative estimate of drug-likeness (QED) is 0.686. The van der Waals surface area contributed by atoms with Crippen LogP contribution < -0.4 is 4.74 Å². The monoisotopic (exact) mass is 292 g/mol. The Morgan fingerprint density at radius 1 is 1.43 bits per heavy atom. The normalized spacial score (nSPS) is 10.2. The topological polar surface area (TPSA) is 103 Å². The first kappa shape index (κ1) is 14.4. The fourth-order valence-corrected chi connectivity index (χ4v) is 1.63. The first-order valence-corrected chi connectivity index (χ1v) is 5.71. The van der Waals surface area contributed by atoms with Crippen LogP contribution in [0.3, 0.4) is 0 Å². The predicted molar refractivity (Wildman–Crippen MR) is 69.1 cm³/mol. The molecule has 108 valence electrons. The number of ether oxygens (including phenoxy) is 1. The van der Waals surface area contributed by atoms with Crippen molar-refractivity contribution in [2.45, 2.75) is 6.92 Å². The number of aromatic nitrogens is 1. The molecule has 0 aliphatic rings. The second-order valence-corrected chi connectivity index (χ2v) is 4.09. The van der Waals surface area contributed by atoms with Crippen LogP contribution in [-0.2, 0) is 0 Å². The molecule has 8 heteroatoms. The highest BCUT2D eigenvalue weighted by Gasteiger charge is 2.18. The van der Waals surface area contributed by atoms with Gasteiger partial charge in [0, 0.05) is 18.3 Å². The van der Waals surface area contributed by atoms with Crippen molar-refractivity contribution in [3.8, 4) is 11.6 Å². The zero-order valence-corrected chi connectivity index (χ0v) is 10.7. The summed E-state index contributed by atoms with van der Waals surface area (Å²) >= 11 is 0. The molecule has 1 N–H and O–H groups in total. The van der Waals surface area contributed by atoms with Crippen LogP contribution in [0.1, 0.15) is 15.9 Å². The van der Waals surface area contributed by atoms with Gasteiger partial charge in [-0.15, -0.1) is 0 Å². The molecule has 0 amide bonds. The summed E-state index contributed by atoms with van der Waals surface area (Å²) in [5.41, 5.74) is -0.307. The van der Waals surface area contributed by atoms with E-state index in [4.69, 9.17) is 9.84 Å². The lowest BCUT2D eigenvalue weighted by molar-refractivity contribution is -0.384. The second-order valence-electron chi connectivity index (χ2n) is 4.09. The number of aromatic carboxylic acids is 1. The zero-order valence-electron chi connectivity index (χ0n) is 10.7. The van der Waals surface area contributed by atoms with Crippen molar-refractivity contribution >= 4 is 11.7 Å². The number of nitro benzene ring substituents is 1. The number of non-ortho nitro benzene ring substituents is 1. The van der Waals surface area contributed by atoms with Crippen molar-refractivity contribution in [2.75, 3.05) is 0 Å². The number of hydrogen-bond acceptors (Lipinski definition) is 5. The summed E-state index contributed by atoms with van der Waals surface area (Å²) in [5.74, 6) is -2.91. The Kier molecular flexibility index (Phi) is 3.79. The van der Waals surface area contributed by atoms with E-state index < -0.39 is 28.2 Å². The minimum atomic E-state index is -1.44. The number of aryl methyl sites for hydroxylation is 1. The summed E-state index contributed by atoms with van der Waals surface area (Å²) < 4.78 is 19.1. The van der Waals surface area contributed by atoms with Gasteiger partial charge < -0.3 is 9.84 Å². The van der Waals surface area contributed by atoms with Crippen LogP contribution in [0.25, 0.3) is 0 Å². The van der Waals surface area contributed by atoms with E-state index in [1.54, 1.807) is 6.92 Å². The number of benzene rings is 1. The molecule has 1 aromatic heterocycles. The third kappa shape index (κ3) is 2.94. The van der Waals surface area contributed by atoms with Crippen LogP contribution in [-0.4, -0.2) is 21.0 Å². The van der Waals surface area contributed by atoms with Gasteiger partial charge in [-0.1, -0.05) is 0 Å². The smallest absolute Gasteiger partial charge is 0.338 e. The molecule has 0 saturated heterocycles. The largest absolute Gasteiger partial charge is 0.478 e. The number of pyridine rings is 1. The molecule has 0 aliphatic heterocycles. The van der Waals surface area contributed by atoms with Gasteiger partial charge in [0.25, 0.3) is 11.6 Å². The van der Waals surface area contributed by atoms with E-state index in [2.05, 4.69) is 4.98 Å². The Morgan fingerprint density at radius 2 is 2.14 bits per heavy atom. The first-order valence-electron chi connectivity index (χ1n) is 5.71. The van der Waals surface area contributed by atoms with Crippen molar-refractivity contribution in [1.82, 2.24) is 4.98 Å². The fraction of sp³-hybridized carbons (Fsp3) is 0.0769. The zero-order chi connectivity index (χ0) is 15.6. The number of rotatable bonds is 4. The molecular formula is C13H9FN2O5. The van der Waals surface area contributed by atoms with E-state index >= 15 is 0 Å². The molecule has 0 radical (unpaired) electrons. The van der Waals surface area contributed by atoms with E-state index in [-0.39, 0.29) is 11.4 Å². The molecule has 0 saturated carbocycles. The lowest BCUT2D eigenvalue weighted by atomic mass is 10.2. The van der Waals surface area contributed by atoms with Crippen LogP contribution >= 0.6 is 0 Å². The molecule has 1 heterocycles. The summed E-state index contributed by atoms with van der Waals surface area (Å²) in [6.07, 6.45) is 1.10. The molecule has 2 aromatic rings. The van der Waals surface area contributed by atoms with Crippen molar-refractivity contribution < 1.29 is 24.0 Å². The third-order valence-corrected chi connectivity index (χ3v) is 2.66. The average Bonchev–Trinajstić information content (AvgIpc) is 2.42. The van der Waals surface area contributed by atoms with Crippen LogP contribution in [0, 0.1) is 22.9 Å². The maximum absolute atomic E-state index is 13.9. The summed E-state index contributed by atoms with van der Waals surface area (Å²) in [4.78, 5) is 24.5. The summed E-state index contributed by atoms with van der Waals surface area (Å²) in [6, 6.07) is 4.75. The summed E-state index contributed by atoms with van der Waals surface area (Å²) in [7, 11) is 0. The molecule has 7 nitrogen and oxygen atoms in total. The number of carboxylic acid groups (broad SMARTS) is 1. The van der Waals surface area contributed by atoms with Crippen LogP contribution in [0.15, 0.2) is 30.5 Å². The highest BCUT2D eigenvalue weighted by atomic mass is 19.1. The maximum Gasteiger partial charge on any atom is 0.338 e. The second kappa shape index (κ2) is 5.53. The van der Waals surface area contributed by atoms with Crippen molar-refractivity contribution in [1.29, 1.82) is 0 Å². The van der Waals surface area contributed by atoms with Crippen LogP contribution in [0.2, 0.25) is 0 Å². The first-order chi connectivity index (χ1) is 9.90. The van der Waals surface area contributed by atoms with E-state index in [1.165, 1.54) is 18.2 Å². The van der Waals surface area contributed by atoms with E-state index in [0.717, 1.165) is 12.3 Å². The van der Waals surface area contributed by atoms with Gasteiger partial charge in [-0.05, 0) is 24.6 Å². The van der Waals surface area contributed by atoms with Gasteiger partial charge in [0.05, 0.1) is 4.92 Å². The van der Waals surface area contributed by atoms with Gasteiger partial charge in [-0.25, -0.2) is 14.2 Å². The summed E-state index contributed by atoms with van der Waals surface area (Å²) in [6.45, 7) is 1.54.